The summed E-state index contributed by atoms with van der Waals surface area (Å²) in [6, 6.07) is 9.55. The largest absolute Gasteiger partial charge is 0.340 e. The third-order valence-corrected chi connectivity index (χ3v) is 5.03. The predicted octanol–water partition coefficient (Wildman–Crippen LogP) is 3.58. The quantitative estimate of drug-likeness (QED) is 0.597. The van der Waals surface area contributed by atoms with Crippen LogP contribution in [0.3, 0.4) is 0 Å². The van der Waals surface area contributed by atoms with Crippen molar-refractivity contribution in [1.82, 2.24) is 20.1 Å². The lowest BCUT2D eigenvalue weighted by Gasteiger charge is -2.14. The number of nitrogens with zero attached hydrogens (tertiary/aromatic N) is 3. The van der Waals surface area contributed by atoms with Gasteiger partial charge in [-0.2, -0.15) is 5.10 Å². The first-order chi connectivity index (χ1) is 13.9. The lowest BCUT2D eigenvalue weighted by Crippen LogP contribution is -2.41. The first kappa shape index (κ1) is 20.8. The molecule has 0 aliphatic carbocycles. The maximum absolute atomic E-state index is 12.4. The van der Waals surface area contributed by atoms with Crippen LogP contribution in [0.1, 0.15) is 22.8 Å². The highest BCUT2D eigenvalue weighted by molar-refractivity contribution is 6.43. The molecule has 3 rings (SSSR count). The van der Waals surface area contributed by atoms with Gasteiger partial charge < -0.3 is 10.6 Å². The number of carbonyl (C=O) groups is 2. The van der Waals surface area contributed by atoms with E-state index >= 15 is 0 Å². The number of aromatic nitrogens is 3. The molecule has 0 bridgehead atoms. The van der Waals surface area contributed by atoms with Gasteiger partial charge in [0.05, 0.1) is 15.6 Å². The molecule has 0 saturated carbocycles. The predicted molar refractivity (Wildman–Crippen MR) is 112 cm³/mol. The molecule has 7 nitrogen and oxygen atoms in total. The van der Waals surface area contributed by atoms with Gasteiger partial charge in [-0.1, -0.05) is 29.3 Å². The molecule has 2 heterocycles. The van der Waals surface area contributed by atoms with Crippen molar-refractivity contribution < 1.29 is 9.59 Å². The number of amides is 2. The van der Waals surface area contributed by atoms with E-state index in [1.54, 1.807) is 54.5 Å². The van der Waals surface area contributed by atoms with E-state index in [9.17, 15) is 9.59 Å². The fourth-order valence-corrected chi connectivity index (χ4v) is 2.99. The van der Waals surface area contributed by atoms with Crippen molar-refractivity contribution in [2.24, 2.45) is 0 Å². The molecule has 150 valence electrons. The number of carbonyl (C=O) groups excluding carboxylic acids is 2. The van der Waals surface area contributed by atoms with Gasteiger partial charge in [-0.05, 0) is 43.2 Å². The number of hydrogen-bond donors (Lipinski definition) is 2. The van der Waals surface area contributed by atoms with Gasteiger partial charge in [0, 0.05) is 31.2 Å². The Morgan fingerprint density at radius 2 is 1.90 bits per heavy atom. The van der Waals surface area contributed by atoms with E-state index in [2.05, 4.69) is 20.7 Å². The summed E-state index contributed by atoms with van der Waals surface area (Å²) >= 11 is 12.0. The lowest BCUT2D eigenvalue weighted by molar-refractivity contribution is -0.117. The Bertz CT molecular complexity index is 1010. The number of rotatable bonds is 7. The molecule has 0 radical (unpaired) electrons. The highest BCUT2D eigenvalue weighted by atomic mass is 35.5. The Morgan fingerprint density at radius 1 is 1.14 bits per heavy atom. The number of nitrogens with one attached hydrogen (secondary N) is 2. The zero-order chi connectivity index (χ0) is 20.8. The summed E-state index contributed by atoms with van der Waals surface area (Å²) in [6.45, 7) is 2.24. The van der Waals surface area contributed by atoms with Gasteiger partial charge in [-0.25, -0.2) is 0 Å². The number of anilines is 1. The first-order valence-corrected chi connectivity index (χ1v) is 9.67. The second-order valence-corrected chi connectivity index (χ2v) is 7.14. The average molecular weight is 432 g/mol. The van der Waals surface area contributed by atoms with Crippen LogP contribution in [0.15, 0.2) is 55.0 Å². The van der Waals surface area contributed by atoms with Gasteiger partial charge in [-0.3, -0.25) is 19.3 Å². The molecule has 1 atom stereocenters. The molecule has 9 heteroatoms. The highest BCUT2D eigenvalue weighted by Gasteiger charge is 2.19. The molecule has 2 aromatic heterocycles. The van der Waals surface area contributed by atoms with Crippen molar-refractivity contribution in [2.75, 3.05) is 5.32 Å². The summed E-state index contributed by atoms with van der Waals surface area (Å²) in [5, 5.41) is 10.0. The van der Waals surface area contributed by atoms with Crippen molar-refractivity contribution in [3.8, 4) is 0 Å². The highest BCUT2D eigenvalue weighted by Crippen LogP contribution is 2.25. The van der Waals surface area contributed by atoms with E-state index in [4.69, 9.17) is 23.2 Å². The summed E-state index contributed by atoms with van der Waals surface area (Å²) in [4.78, 5) is 28.7. The number of pyridine rings is 1. The summed E-state index contributed by atoms with van der Waals surface area (Å²) < 4.78 is 1.74. The van der Waals surface area contributed by atoms with E-state index in [1.165, 1.54) is 0 Å². The Morgan fingerprint density at radius 3 is 2.66 bits per heavy atom. The van der Waals surface area contributed by atoms with E-state index < -0.39 is 17.9 Å². The minimum absolute atomic E-state index is 0.146. The zero-order valence-corrected chi connectivity index (χ0v) is 17.1. The topological polar surface area (TPSA) is 88.9 Å². The first-order valence-electron chi connectivity index (χ1n) is 8.92. The van der Waals surface area contributed by atoms with E-state index in [0.717, 1.165) is 12.0 Å². The van der Waals surface area contributed by atoms with E-state index in [1.807, 2.05) is 12.1 Å². The van der Waals surface area contributed by atoms with Crippen LogP contribution in [0.2, 0.25) is 10.0 Å². The second-order valence-electron chi connectivity index (χ2n) is 6.36. The minimum atomic E-state index is -0.792. The molecule has 0 aliphatic rings. The van der Waals surface area contributed by atoms with Crippen molar-refractivity contribution in [2.45, 2.75) is 25.9 Å². The van der Waals surface area contributed by atoms with Crippen molar-refractivity contribution >= 4 is 40.8 Å². The second kappa shape index (κ2) is 9.54. The Balaban J connectivity index is 1.54. The van der Waals surface area contributed by atoms with Gasteiger partial charge >= 0.3 is 0 Å². The molecule has 0 aliphatic heterocycles. The maximum atomic E-state index is 12.4. The molecule has 2 amide bonds. The monoisotopic (exact) mass is 431 g/mol. The van der Waals surface area contributed by atoms with Crippen LogP contribution in [-0.4, -0.2) is 32.6 Å². The summed E-state index contributed by atoms with van der Waals surface area (Å²) in [6.07, 6.45) is 6.07. The van der Waals surface area contributed by atoms with Crippen LogP contribution >= 0.6 is 23.2 Å². The van der Waals surface area contributed by atoms with Gasteiger partial charge in [0.15, 0.2) is 5.82 Å². The van der Waals surface area contributed by atoms with Gasteiger partial charge in [0.25, 0.3) is 5.91 Å². The number of hydrogen-bond acceptors (Lipinski definition) is 4. The fourth-order valence-electron chi connectivity index (χ4n) is 2.60. The van der Waals surface area contributed by atoms with E-state index in [0.29, 0.717) is 12.4 Å². The summed E-state index contributed by atoms with van der Waals surface area (Å²) in [5.41, 5.74) is 1.36. The van der Waals surface area contributed by atoms with Crippen LogP contribution < -0.4 is 10.6 Å². The molecule has 1 aromatic carbocycles. The molecule has 0 spiro atoms. The smallest absolute Gasteiger partial charge is 0.253 e. The Labute approximate surface area is 178 Å². The molecule has 2 N–H and O–H groups in total. The standard InChI is InChI=1S/C20H19Cl2N5O2/c1-13(24-20(29)15-3-2-4-16(21)18(15)22)19(28)25-17-8-12-27(26-17)11-7-14-5-9-23-10-6-14/h2-6,8-10,12-13H,7,11H2,1H3,(H,24,29)(H,25,26,28). The number of halogens is 2. The fraction of sp³-hybridized carbons (Fsp3) is 0.200. The molecule has 3 aromatic rings. The number of aryl methyl sites for hydroxylation is 2. The molecule has 29 heavy (non-hydrogen) atoms. The summed E-state index contributed by atoms with van der Waals surface area (Å²) in [7, 11) is 0. The van der Waals surface area contributed by atoms with Crippen molar-refractivity contribution in [3.05, 3.63) is 76.2 Å². The van der Waals surface area contributed by atoms with Gasteiger partial charge in [0.2, 0.25) is 5.91 Å². The zero-order valence-electron chi connectivity index (χ0n) is 15.6. The molecule has 0 saturated heterocycles. The van der Waals surface area contributed by atoms with Crippen LogP contribution in [-0.2, 0) is 17.8 Å². The average Bonchev–Trinajstić information content (AvgIpc) is 3.16. The van der Waals surface area contributed by atoms with Crippen LogP contribution in [0.4, 0.5) is 5.82 Å². The number of benzene rings is 1. The SMILES string of the molecule is CC(NC(=O)c1cccc(Cl)c1Cl)C(=O)Nc1ccn(CCc2ccncc2)n1. The Kier molecular flexibility index (Phi) is 6.85. The Hall–Kier alpha value is -2.90. The van der Waals surface area contributed by atoms with Crippen LogP contribution in [0.25, 0.3) is 0 Å². The molecule has 1 unspecified atom stereocenters. The lowest BCUT2D eigenvalue weighted by atomic mass is 10.2. The summed E-state index contributed by atoms with van der Waals surface area (Å²) in [5.74, 6) is -0.467. The van der Waals surface area contributed by atoms with E-state index in [-0.39, 0.29) is 15.6 Å². The minimum Gasteiger partial charge on any atom is -0.340 e. The van der Waals surface area contributed by atoms with Crippen molar-refractivity contribution in [3.63, 3.8) is 0 Å². The molecular weight excluding hydrogens is 413 g/mol. The van der Waals surface area contributed by atoms with Crippen LogP contribution in [0, 0.1) is 0 Å². The third-order valence-electron chi connectivity index (χ3n) is 4.21. The van der Waals surface area contributed by atoms with Crippen molar-refractivity contribution in [1.29, 1.82) is 0 Å². The third kappa shape index (κ3) is 5.56. The maximum Gasteiger partial charge on any atom is 0.253 e. The van der Waals surface area contributed by atoms with Gasteiger partial charge in [-0.15, -0.1) is 0 Å². The molecular formula is C20H19Cl2N5O2. The normalized spacial score (nSPS) is 11.7. The van der Waals surface area contributed by atoms with Crippen LogP contribution in [0.5, 0.6) is 0 Å². The van der Waals surface area contributed by atoms with Gasteiger partial charge in [0.1, 0.15) is 6.04 Å². The molecule has 0 fully saturated rings.